The molecule has 3 aromatic heterocycles. The molecule has 7 rings (SSSR count). The molecule has 2 N–H and O–H groups in total. The summed E-state index contributed by atoms with van der Waals surface area (Å²) in [7, 11) is 1.94. The molecule has 1 aliphatic heterocycles. The van der Waals surface area contributed by atoms with Crippen LogP contribution in [0.2, 0.25) is 0 Å². The SMILES string of the molecule is CCn1nc2c3c1-c1cnc(N)c(c1)O[C@H](C)c1cc(F)ccc1-c1nn(C)cc1C3C1CC21. The van der Waals surface area contributed by atoms with Crippen LogP contribution in [-0.4, -0.2) is 24.5 Å². The molecule has 4 atom stereocenters. The van der Waals surface area contributed by atoms with Crippen LogP contribution in [0, 0.1) is 11.7 Å². The van der Waals surface area contributed by atoms with Crippen molar-refractivity contribution in [3.63, 3.8) is 0 Å². The van der Waals surface area contributed by atoms with Gasteiger partial charge in [0.05, 0.1) is 17.1 Å². The number of hydrogen-bond acceptors (Lipinski definition) is 5. The van der Waals surface area contributed by atoms with Crippen LogP contribution < -0.4 is 10.5 Å². The van der Waals surface area contributed by atoms with E-state index in [0.717, 1.165) is 46.6 Å². The van der Waals surface area contributed by atoms with Gasteiger partial charge in [0.1, 0.15) is 11.9 Å². The largest absolute Gasteiger partial charge is 0.482 e. The monoisotopic (exact) mass is 456 g/mol. The second-order valence-electron chi connectivity index (χ2n) is 9.65. The van der Waals surface area contributed by atoms with E-state index in [9.17, 15) is 4.39 Å². The molecule has 8 heteroatoms. The smallest absolute Gasteiger partial charge is 0.166 e. The van der Waals surface area contributed by atoms with E-state index in [1.165, 1.54) is 23.4 Å². The first-order chi connectivity index (χ1) is 16.4. The third-order valence-electron chi connectivity index (χ3n) is 7.61. The van der Waals surface area contributed by atoms with Crippen molar-refractivity contribution in [3.05, 3.63) is 64.9 Å². The van der Waals surface area contributed by atoms with Crippen molar-refractivity contribution in [2.45, 2.75) is 44.8 Å². The van der Waals surface area contributed by atoms with Crippen LogP contribution in [0.15, 0.2) is 36.7 Å². The number of aryl methyl sites for hydroxylation is 2. The molecule has 4 heterocycles. The predicted molar refractivity (Wildman–Crippen MR) is 126 cm³/mol. The fourth-order valence-corrected chi connectivity index (χ4v) is 6.07. The van der Waals surface area contributed by atoms with Gasteiger partial charge in [-0.3, -0.25) is 9.36 Å². The maximum atomic E-state index is 14.4. The molecule has 7 nitrogen and oxygen atoms in total. The van der Waals surface area contributed by atoms with Gasteiger partial charge in [-0.2, -0.15) is 10.2 Å². The summed E-state index contributed by atoms with van der Waals surface area (Å²) in [4.78, 5) is 4.47. The summed E-state index contributed by atoms with van der Waals surface area (Å²) in [5.41, 5.74) is 14.3. The summed E-state index contributed by atoms with van der Waals surface area (Å²) in [6.07, 6.45) is 4.60. The molecule has 2 aliphatic carbocycles. The summed E-state index contributed by atoms with van der Waals surface area (Å²) in [5.74, 6) is 1.63. The number of nitrogens with two attached hydrogens (primary N) is 1. The van der Waals surface area contributed by atoms with Crippen molar-refractivity contribution < 1.29 is 9.13 Å². The molecule has 1 saturated carbocycles. The minimum Gasteiger partial charge on any atom is -0.482 e. The maximum Gasteiger partial charge on any atom is 0.166 e. The molecule has 0 amide bonds. The average molecular weight is 457 g/mol. The predicted octanol–water partition coefficient (Wildman–Crippen LogP) is 4.79. The Morgan fingerprint density at radius 2 is 2.06 bits per heavy atom. The van der Waals surface area contributed by atoms with Gasteiger partial charge in [0, 0.05) is 65.6 Å². The zero-order valence-corrected chi connectivity index (χ0v) is 19.3. The Kier molecular flexibility index (Phi) is 3.88. The Bertz CT molecular complexity index is 1490. The third-order valence-corrected chi connectivity index (χ3v) is 7.61. The van der Waals surface area contributed by atoms with Crippen LogP contribution in [0.5, 0.6) is 5.75 Å². The number of rotatable bonds is 1. The zero-order chi connectivity index (χ0) is 23.3. The van der Waals surface area contributed by atoms with Crippen LogP contribution >= 0.6 is 0 Å². The van der Waals surface area contributed by atoms with Gasteiger partial charge >= 0.3 is 0 Å². The number of anilines is 1. The van der Waals surface area contributed by atoms with E-state index < -0.39 is 6.10 Å². The normalized spacial score (nSPS) is 23.6. The van der Waals surface area contributed by atoms with Gasteiger partial charge in [0.25, 0.3) is 0 Å². The molecule has 0 radical (unpaired) electrons. The molecule has 3 unspecified atom stereocenters. The number of nitrogen functional groups attached to an aromatic ring is 1. The standard InChI is InChI=1S/C26H25FN6O/c1-4-33-25-13-7-20(26(28)29-10-13)34-12(2)16-8-14(27)5-6-15(16)23-19(11-32(3)30-23)21-17-9-18(17)24(31-33)22(21)25/h5-8,10-12,17-18,21H,4,9H2,1-3H3,(H2,28,29)/t12-,17?,18?,21?/m1/s1. The lowest BCUT2D eigenvalue weighted by Gasteiger charge is -2.23. The van der Waals surface area contributed by atoms with Crippen molar-refractivity contribution in [2.75, 3.05) is 5.73 Å². The highest BCUT2D eigenvalue weighted by molar-refractivity contribution is 5.76. The Labute approximate surface area is 196 Å². The summed E-state index contributed by atoms with van der Waals surface area (Å²) in [5, 5.41) is 9.93. The molecule has 172 valence electrons. The minimum absolute atomic E-state index is 0.175. The molecule has 0 spiro atoms. The van der Waals surface area contributed by atoms with E-state index in [2.05, 4.69) is 22.8 Å². The van der Waals surface area contributed by atoms with Crippen LogP contribution in [0.1, 0.15) is 60.6 Å². The Morgan fingerprint density at radius 3 is 2.88 bits per heavy atom. The maximum absolute atomic E-state index is 14.4. The Morgan fingerprint density at radius 1 is 1.21 bits per heavy atom. The van der Waals surface area contributed by atoms with Crippen molar-refractivity contribution in [3.8, 4) is 28.3 Å². The van der Waals surface area contributed by atoms with E-state index in [1.807, 2.05) is 30.8 Å². The molecule has 0 saturated heterocycles. The van der Waals surface area contributed by atoms with Gasteiger partial charge in [0.15, 0.2) is 11.6 Å². The summed E-state index contributed by atoms with van der Waals surface area (Å²) in [6.45, 7) is 4.77. The van der Waals surface area contributed by atoms with Crippen molar-refractivity contribution >= 4 is 5.82 Å². The number of benzene rings is 1. The molecule has 1 fully saturated rings. The number of fused-ring (bicyclic) bond motifs is 10. The first-order valence-electron chi connectivity index (χ1n) is 11.8. The number of pyridine rings is 1. The fourth-order valence-electron chi connectivity index (χ4n) is 6.07. The van der Waals surface area contributed by atoms with Crippen LogP contribution in [0.4, 0.5) is 10.2 Å². The minimum atomic E-state index is -0.456. The lowest BCUT2D eigenvalue weighted by Crippen LogP contribution is -2.11. The number of hydrogen-bond donors (Lipinski definition) is 1. The third kappa shape index (κ3) is 2.59. The molecule has 2 bridgehead atoms. The van der Waals surface area contributed by atoms with Gasteiger partial charge in [0.2, 0.25) is 0 Å². The van der Waals surface area contributed by atoms with E-state index in [4.69, 9.17) is 20.7 Å². The lowest BCUT2D eigenvalue weighted by atomic mass is 9.85. The molecule has 1 aromatic carbocycles. The number of aromatic nitrogens is 5. The lowest BCUT2D eigenvalue weighted by molar-refractivity contribution is 0.227. The molecular weight excluding hydrogens is 431 g/mol. The van der Waals surface area contributed by atoms with E-state index in [0.29, 0.717) is 23.4 Å². The zero-order valence-electron chi connectivity index (χ0n) is 19.3. The average Bonchev–Trinajstić information content (AvgIpc) is 3.20. The topological polar surface area (TPSA) is 83.8 Å². The van der Waals surface area contributed by atoms with Gasteiger partial charge in [-0.05, 0) is 50.5 Å². The van der Waals surface area contributed by atoms with Crippen molar-refractivity contribution in [1.29, 1.82) is 0 Å². The molecular formula is C26H25FN6O. The highest BCUT2D eigenvalue weighted by Crippen LogP contribution is 2.66. The Balaban J connectivity index is 1.58. The van der Waals surface area contributed by atoms with E-state index in [1.54, 1.807) is 6.20 Å². The van der Waals surface area contributed by atoms with Crippen molar-refractivity contribution in [1.82, 2.24) is 24.5 Å². The van der Waals surface area contributed by atoms with Gasteiger partial charge in [-0.15, -0.1) is 0 Å². The second kappa shape index (κ2) is 6.68. The quantitative estimate of drug-likeness (QED) is 0.445. The van der Waals surface area contributed by atoms with Gasteiger partial charge in [-0.25, -0.2) is 9.37 Å². The van der Waals surface area contributed by atoms with Crippen LogP contribution in [0.3, 0.4) is 0 Å². The Hall–Kier alpha value is -3.68. The van der Waals surface area contributed by atoms with E-state index in [-0.39, 0.29) is 11.7 Å². The van der Waals surface area contributed by atoms with Crippen LogP contribution in [0.25, 0.3) is 22.5 Å². The van der Waals surface area contributed by atoms with Gasteiger partial charge in [-0.1, -0.05) is 0 Å². The number of ether oxygens (including phenoxy) is 1. The highest BCUT2D eigenvalue weighted by atomic mass is 19.1. The molecule has 34 heavy (non-hydrogen) atoms. The second-order valence-corrected chi connectivity index (χ2v) is 9.65. The van der Waals surface area contributed by atoms with Crippen LogP contribution in [-0.2, 0) is 13.6 Å². The highest BCUT2D eigenvalue weighted by Gasteiger charge is 2.56. The fraction of sp³-hybridized carbons (Fsp3) is 0.346. The summed E-state index contributed by atoms with van der Waals surface area (Å²) >= 11 is 0. The number of nitrogens with zero attached hydrogens (tertiary/aromatic N) is 5. The molecule has 3 aliphatic rings. The molecule has 4 aromatic rings. The van der Waals surface area contributed by atoms with Crippen molar-refractivity contribution in [2.24, 2.45) is 13.0 Å². The summed E-state index contributed by atoms with van der Waals surface area (Å²) in [6, 6.07) is 6.80. The number of halogens is 1. The first kappa shape index (κ1) is 19.8. The van der Waals surface area contributed by atoms with Gasteiger partial charge < -0.3 is 10.5 Å². The summed E-state index contributed by atoms with van der Waals surface area (Å²) < 4.78 is 24.7. The first-order valence-corrected chi connectivity index (χ1v) is 11.8. The van der Waals surface area contributed by atoms with E-state index >= 15 is 0 Å².